The van der Waals surface area contributed by atoms with Crippen molar-refractivity contribution in [2.45, 2.75) is 24.8 Å². The van der Waals surface area contributed by atoms with Crippen LogP contribution >= 0.6 is 23.4 Å². The third kappa shape index (κ3) is 5.11. The molecule has 0 aliphatic rings. The van der Waals surface area contributed by atoms with E-state index in [0.29, 0.717) is 34.7 Å². The zero-order valence-corrected chi connectivity index (χ0v) is 16.4. The van der Waals surface area contributed by atoms with E-state index >= 15 is 0 Å². The van der Waals surface area contributed by atoms with Crippen LogP contribution in [0.2, 0.25) is 5.02 Å². The van der Waals surface area contributed by atoms with Gasteiger partial charge in [0.1, 0.15) is 5.82 Å². The number of fused-ring (bicyclic) bond motifs is 1. The van der Waals surface area contributed by atoms with Crippen molar-refractivity contribution in [2.75, 3.05) is 12.4 Å². The van der Waals surface area contributed by atoms with Crippen molar-refractivity contribution in [1.29, 1.82) is 0 Å². The van der Waals surface area contributed by atoms with E-state index in [0.717, 1.165) is 4.90 Å². The Balaban J connectivity index is 1.48. The molecule has 0 radical (unpaired) electrons. The summed E-state index contributed by atoms with van der Waals surface area (Å²) in [6.45, 7) is 2.53. The maximum Gasteiger partial charge on any atom is 0.316 e. The summed E-state index contributed by atoms with van der Waals surface area (Å²) in [4.78, 5) is 29.8. The molecular formula is C20H19ClN2O3S. The van der Waals surface area contributed by atoms with E-state index < -0.39 is 0 Å². The van der Waals surface area contributed by atoms with Gasteiger partial charge in [0.15, 0.2) is 0 Å². The van der Waals surface area contributed by atoms with Gasteiger partial charge in [-0.2, -0.15) is 0 Å². The minimum absolute atomic E-state index is 0.0669. The van der Waals surface area contributed by atoms with Gasteiger partial charge in [-0.1, -0.05) is 23.7 Å². The molecule has 3 rings (SSSR count). The number of nitrogens with zero attached hydrogens (tertiary/aromatic N) is 2. The lowest BCUT2D eigenvalue weighted by Crippen LogP contribution is -2.24. The molecule has 0 saturated heterocycles. The van der Waals surface area contributed by atoms with E-state index in [1.165, 1.54) is 11.8 Å². The molecule has 2 aromatic carbocycles. The number of hydrogen-bond acceptors (Lipinski definition) is 5. The quantitative estimate of drug-likeness (QED) is 0.338. The summed E-state index contributed by atoms with van der Waals surface area (Å²) in [5.41, 5.74) is 0.629. The number of carbonyl (C=O) groups is 1. The Morgan fingerprint density at radius 2 is 1.93 bits per heavy atom. The second-order valence-electron chi connectivity index (χ2n) is 5.95. The molecular weight excluding hydrogens is 384 g/mol. The fraction of sp³-hybridized carbons (Fsp3) is 0.250. The Bertz CT molecular complexity index is 1000. The average Bonchev–Trinajstić information content (AvgIpc) is 2.67. The molecule has 1 heterocycles. The number of aryl methyl sites for hydroxylation is 1. The van der Waals surface area contributed by atoms with Gasteiger partial charge in [-0.3, -0.25) is 14.2 Å². The zero-order valence-electron chi connectivity index (χ0n) is 14.9. The highest BCUT2D eigenvalue weighted by molar-refractivity contribution is 8.00. The lowest BCUT2D eigenvalue weighted by Gasteiger charge is -2.11. The van der Waals surface area contributed by atoms with Gasteiger partial charge in [0.2, 0.25) is 0 Å². The van der Waals surface area contributed by atoms with E-state index in [1.54, 1.807) is 22.8 Å². The number of para-hydroxylation sites is 1. The number of halogens is 1. The summed E-state index contributed by atoms with van der Waals surface area (Å²) in [7, 11) is 0. The molecule has 0 amide bonds. The molecule has 5 nitrogen and oxygen atoms in total. The van der Waals surface area contributed by atoms with Crippen molar-refractivity contribution in [2.24, 2.45) is 0 Å². The van der Waals surface area contributed by atoms with Crippen LogP contribution in [0.25, 0.3) is 10.9 Å². The van der Waals surface area contributed by atoms with Crippen LogP contribution in [0.15, 0.2) is 58.2 Å². The highest BCUT2D eigenvalue weighted by Crippen LogP contribution is 2.20. The predicted octanol–water partition coefficient (Wildman–Crippen LogP) is 4.08. The van der Waals surface area contributed by atoms with Crippen LogP contribution in [0.5, 0.6) is 0 Å². The molecule has 3 aromatic rings. The Hall–Kier alpha value is -2.31. The number of thioether (sulfide) groups is 1. The number of ether oxygens (including phenoxy) is 1. The van der Waals surface area contributed by atoms with E-state index in [9.17, 15) is 9.59 Å². The minimum Gasteiger partial charge on any atom is -0.465 e. The van der Waals surface area contributed by atoms with Crippen molar-refractivity contribution in [3.8, 4) is 0 Å². The predicted molar refractivity (Wildman–Crippen MR) is 108 cm³/mol. The van der Waals surface area contributed by atoms with Crippen LogP contribution in [-0.2, 0) is 16.1 Å². The van der Waals surface area contributed by atoms with Crippen LogP contribution in [-0.4, -0.2) is 27.9 Å². The van der Waals surface area contributed by atoms with Gasteiger partial charge in [-0.05, 0) is 49.7 Å². The molecule has 0 unspecified atom stereocenters. The fourth-order valence-electron chi connectivity index (χ4n) is 2.67. The van der Waals surface area contributed by atoms with Crippen molar-refractivity contribution in [3.05, 3.63) is 69.7 Å². The second-order valence-corrected chi connectivity index (χ2v) is 7.43. The summed E-state index contributed by atoms with van der Waals surface area (Å²) in [6, 6.07) is 14.6. The van der Waals surface area contributed by atoms with E-state index in [-0.39, 0.29) is 23.9 Å². The third-order valence-corrected chi connectivity index (χ3v) is 5.25. The first-order chi connectivity index (χ1) is 13.0. The van der Waals surface area contributed by atoms with Crippen LogP contribution in [0.1, 0.15) is 12.2 Å². The number of hydrogen-bond donors (Lipinski definition) is 0. The SMILES string of the molecule is Cc1nc2ccccc2c(=O)n1CCCOC(=O)CSc1ccc(Cl)cc1. The molecule has 0 N–H and O–H groups in total. The first-order valence-electron chi connectivity index (χ1n) is 8.55. The van der Waals surface area contributed by atoms with Crippen LogP contribution in [0.3, 0.4) is 0 Å². The monoisotopic (exact) mass is 402 g/mol. The standard InChI is InChI=1S/C20H19ClN2O3S/c1-14-22-18-6-3-2-5-17(18)20(25)23(14)11-4-12-26-19(24)13-27-16-9-7-15(21)8-10-16/h2-3,5-10H,4,11-13H2,1H3. The van der Waals surface area contributed by atoms with E-state index in [2.05, 4.69) is 4.98 Å². The first kappa shape index (κ1) is 19.5. The van der Waals surface area contributed by atoms with Crippen LogP contribution in [0.4, 0.5) is 0 Å². The first-order valence-corrected chi connectivity index (χ1v) is 9.91. The Morgan fingerprint density at radius 1 is 1.19 bits per heavy atom. The topological polar surface area (TPSA) is 61.2 Å². The maximum absolute atomic E-state index is 12.6. The average molecular weight is 403 g/mol. The Kier molecular flexibility index (Phi) is 6.53. The third-order valence-electron chi connectivity index (χ3n) is 4.01. The number of carbonyl (C=O) groups excluding carboxylic acids is 1. The summed E-state index contributed by atoms with van der Waals surface area (Å²) in [5, 5.41) is 1.26. The molecule has 0 saturated carbocycles. The number of aromatic nitrogens is 2. The van der Waals surface area contributed by atoms with E-state index in [1.807, 2.05) is 37.3 Å². The van der Waals surface area contributed by atoms with Crippen LogP contribution in [0, 0.1) is 6.92 Å². The van der Waals surface area contributed by atoms with Gasteiger partial charge in [-0.15, -0.1) is 11.8 Å². The van der Waals surface area contributed by atoms with Gasteiger partial charge >= 0.3 is 5.97 Å². The van der Waals surface area contributed by atoms with Gasteiger partial charge in [-0.25, -0.2) is 4.98 Å². The molecule has 0 aliphatic heterocycles. The second kappa shape index (κ2) is 9.06. The van der Waals surface area contributed by atoms with Gasteiger partial charge < -0.3 is 4.74 Å². The van der Waals surface area contributed by atoms with Gasteiger partial charge in [0.25, 0.3) is 5.56 Å². The number of rotatable bonds is 7. The Morgan fingerprint density at radius 3 is 2.70 bits per heavy atom. The lowest BCUT2D eigenvalue weighted by molar-refractivity contribution is -0.140. The molecule has 1 aromatic heterocycles. The number of benzene rings is 2. The maximum atomic E-state index is 12.6. The lowest BCUT2D eigenvalue weighted by atomic mass is 10.2. The highest BCUT2D eigenvalue weighted by atomic mass is 35.5. The molecule has 0 bridgehead atoms. The summed E-state index contributed by atoms with van der Waals surface area (Å²) in [6.07, 6.45) is 0.554. The van der Waals surface area contributed by atoms with Gasteiger partial charge in [0.05, 0.1) is 23.3 Å². The summed E-state index contributed by atoms with van der Waals surface area (Å²) < 4.78 is 6.88. The minimum atomic E-state index is -0.282. The molecule has 0 atom stereocenters. The smallest absolute Gasteiger partial charge is 0.316 e. The summed E-state index contributed by atoms with van der Waals surface area (Å²) in [5.74, 6) is 0.608. The molecule has 0 spiro atoms. The molecule has 140 valence electrons. The van der Waals surface area contributed by atoms with Crippen LogP contribution < -0.4 is 5.56 Å². The van der Waals surface area contributed by atoms with Crippen molar-refractivity contribution in [3.63, 3.8) is 0 Å². The highest BCUT2D eigenvalue weighted by Gasteiger charge is 2.08. The van der Waals surface area contributed by atoms with Crippen molar-refractivity contribution < 1.29 is 9.53 Å². The fourth-order valence-corrected chi connectivity index (χ4v) is 3.49. The Labute approximate surface area is 166 Å². The van der Waals surface area contributed by atoms with Gasteiger partial charge in [0, 0.05) is 16.5 Å². The zero-order chi connectivity index (χ0) is 19.2. The summed E-state index contributed by atoms with van der Waals surface area (Å²) >= 11 is 7.23. The molecule has 0 aliphatic carbocycles. The normalized spacial score (nSPS) is 10.9. The van der Waals surface area contributed by atoms with Crippen molar-refractivity contribution in [1.82, 2.24) is 9.55 Å². The molecule has 27 heavy (non-hydrogen) atoms. The largest absolute Gasteiger partial charge is 0.465 e. The molecule has 7 heteroatoms. The number of esters is 1. The van der Waals surface area contributed by atoms with Crippen molar-refractivity contribution >= 4 is 40.2 Å². The van der Waals surface area contributed by atoms with E-state index in [4.69, 9.17) is 16.3 Å². The molecule has 0 fully saturated rings.